The Morgan fingerprint density at radius 2 is 1.81 bits per heavy atom. The summed E-state index contributed by atoms with van der Waals surface area (Å²) in [5, 5.41) is 11.8. The van der Waals surface area contributed by atoms with E-state index in [4.69, 9.17) is 32.7 Å². The third-order valence-corrected chi connectivity index (χ3v) is 3.11. The molecule has 1 aromatic heterocycles. The van der Waals surface area contributed by atoms with E-state index in [1.54, 1.807) is 12.1 Å². The second kappa shape index (κ2) is 6.98. The van der Waals surface area contributed by atoms with Gasteiger partial charge in [-0.05, 0) is 24.3 Å². The van der Waals surface area contributed by atoms with E-state index in [0.717, 1.165) is 0 Å². The average Bonchev–Trinajstić information content (AvgIpc) is 2.88. The van der Waals surface area contributed by atoms with Gasteiger partial charge in [0.15, 0.2) is 5.75 Å². The molecule has 0 bridgehead atoms. The van der Waals surface area contributed by atoms with Gasteiger partial charge in [-0.25, -0.2) is 0 Å². The van der Waals surface area contributed by atoms with Gasteiger partial charge in [0.1, 0.15) is 18.1 Å². The summed E-state index contributed by atoms with van der Waals surface area (Å²) in [6, 6.07) is 6.19. The third kappa shape index (κ3) is 4.23. The molecule has 0 aliphatic rings. The van der Waals surface area contributed by atoms with Crippen molar-refractivity contribution in [3.63, 3.8) is 0 Å². The number of anilines is 1. The first-order valence-corrected chi connectivity index (χ1v) is 6.61. The minimum Gasteiger partial charge on any atom is -0.462 e. The highest BCUT2D eigenvalue weighted by Gasteiger charge is 2.14. The summed E-state index contributed by atoms with van der Waals surface area (Å²) in [6.07, 6.45) is 0. The lowest BCUT2D eigenvalue weighted by Gasteiger charge is -2.11. The van der Waals surface area contributed by atoms with Crippen LogP contribution in [0.4, 0.5) is 14.5 Å². The molecule has 0 aliphatic carbocycles. The molecule has 2 rings (SSSR count). The Hall–Kier alpha value is -1.50. The second-order valence-corrected chi connectivity index (χ2v) is 4.84. The number of benzene rings is 1. The highest BCUT2D eigenvalue weighted by Crippen LogP contribution is 2.37. The molecule has 0 amide bonds. The topological polar surface area (TPSA) is 54.6 Å². The molecule has 0 fully saturated rings. The molecule has 0 saturated heterocycles. The first-order chi connectivity index (χ1) is 9.99. The van der Waals surface area contributed by atoms with E-state index in [1.807, 2.05) is 0 Å². The summed E-state index contributed by atoms with van der Waals surface area (Å²) in [4.78, 5) is 0. The molecule has 0 spiro atoms. The Kier molecular flexibility index (Phi) is 5.27. The maximum absolute atomic E-state index is 12.2. The predicted octanol–water partition coefficient (Wildman–Crippen LogP) is 4.29. The molecule has 2 aromatic rings. The number of furan rings is 1. The molecule has 0 saturated carbocycles. The zero-order chi connectivity index (χ0) is 15.4. The first kappa shape index (κ1) is 15.9. The number of alkyl halides is 2. The van der Waals surface area contributed by atoms with Crippen molar-refractivity contribution in [3.05, 3.63) is 45.8 Å². The van der Waals surface area contributed by atoms with Crippen molar-refractivity contribution >= 4 is 28.9 Å². The van der Waals surface area contributed by atoms with Crippen LogP contribution in [0, 0.1) is 0 Å². The largest absolute Gasteiger partial charge is 0.462 e. The Balaban J connectivity index is 2.07. The number of hydrogen-bond acceptors (Lipinski definition) is 4. The van der Waals surface area contributed by atoms with Gasteiger partial charge in [0.25, 0.3) is 0 Å². The van der Waals surface area contributed by atoms with Crippen LogP contribution >= 0.6 is 23.2 Å². The fourth-order valence-corrected chi connectivity index (χ4v) is 2.23. The van der Waals surface area contributed by atoms with E-state index in [1.165, 1.54) is 12.1 Å². The van der Waals surface area contributed by atoms with Crippen molar-refractivity contribution in [2.75, 3.05) is 5.32 Å². The molecule has 0 aliphatic heterocycles. The number of nitrogens with one attached hydrogen (secondary N) is 1. The molecule has 1 aromatic carbocycles. The fourth-order valence-electron chi connectivity index (χ4n) is 1.66. The van der Waals surface area contributed by atoms with Crippen molar-refractivity contribution in [2.24, 2.45) is 0 Å². The Morgan fingerprint density at radius 3 is 2.33 bits per heavy atom. The molecular weight excluding hydrogens is 327 g/mol. The van der Waals surface area contributed by atoms with E-state index in [0.29, 0.717) is 23.8 Å². The SMILES string of the molecule is OCc1ccc(CNc2cc(Cl)c(OC(F)F)c(Cl)c2)o1. The van der Waals surface area contributed by atoms with Gasteiger partial charge in [0.05, 0.1) is 16.6 Å². The van der Waals surface area contributed by atoms with Crippen LogP contribution in [0.1, 0.15) is 11.5 Å². The van der Waals surface area contributed by atoms with Gasteiger partial charge in [0, 0.05) is 5.69 Å². The summed E-state index contributed by atoms with van der Waals surface area (Å²) in [7, 11) is 0. The number of ether oxygens (including phenoxy) is 1. The van der Waals surface area contributed by atoms with Gasteiger partial charge in [-0.3, -0.25) is 0 Å². The van der Waals surface area contributed by atoms with Crippen LogP contribution in [-0.2, 0) is 13.2 Å². The quantitative estimate of drug-likeness (QED) is 0.825. The lowest BCUT2D eigenvalue weighted by Crippen LogP contribution is -2.04. The van der Waals surface area contributed by atoms with Crippen LogP contribution in [0.3, 0.4) is 0 Å². The van der Waals surface area contributed by atoms with Crippen LogP contribution in [0.5, 0.6) is 5.75 Å². The molecule has 1 heterocycles. The van der Waals surface area contributed by atoms with Crippen molar-refractivity contribution in [2.45, 2.75) is 19.8 Å². The zero-order valence-corrected chi connectivity index (χ0v) is 12.1. The van der Waals surface area contributed by atoms with E-state index in [-0.39, 0.29) is 22.4 Å². The van der Waals surface area contributed by atoms with Crippen molar-refractivity contribution in [3.8, 4) is 5.75 Å². The van der Waals surface area contributed by atoms with Gasteiger partial charge < -0.3 is 19.6 Å². The molecule has 0 unspecified atom stereocenters. The van der Waals surface area contributed by atoms with E-state index in [2.05, 4.69) is 10.1 Å². The smallest absolute Gasteiger partial charge is 0.387 e. The minimum absolute atomic E-state index is 0.0270. The normalized spacial score (nSPS) is 11.0. The van der Waals surface area contributed by atoms with E-state index < -0.39 is 6.61 Å². The maximum Gasteiger partial charge on any atom is 0.387 e. The van der Waals surface area contributed by atoms with Gasteiger partial charge in [0.2, 0.25) is 0 Å². The Bertz CT molecular complexity index is 596. The first-order valence-electron chi connectivity index (χ1n) is 5.85. The van der Waals surface area contributed by atoms with Crippen molar-refractivity contribution in [1.82, 2.24) is 0 Å². The number of hydrogen-bond donors (Lipinski definition) is 2. The van der Waals surface area contributed by atoms with Gasteiger partial charge >= 0.3 is 6.61 Å². The standard InChI is InChI=1S/C13H11Cl2F2NO3/c14-10-3-7(4-11(15)12(10)21-13(16)17)18-5-8-1-2-9(6-19)20-8/h1-4,13,18-19H,5-6H2. The summed E-state index contributed by atoms with van der Waals surface area (Å²) in [6.45, 7) is -2.86. The molecule has 4 nitrogen and oxygen atoms in total. The highest BCUT2D eigenvalue weighted by molar-refractivity contribution is 6.37. The van der Waals surface area contributed by atoms with Crippen LogP contribution < -0.4 is 10.1 Å². The molecule has 0 radical (unpaired) electrons. The van der Waals surface area contributed by atoms with Crippen molar-refractivity contribution < 1.29 is 23.0 Å². The van der Waals surface area contributed by atoms with Crippen molar-refractivity contribution in [1.29, 1.82) is 0 Å². The molecule has 2 N–H and O–H groups in total. The van der Waals surface area contributed by atoms with E-state index >= 15 is 0 Å². The Morgan fingerprint density at radius 1 is 1.19 bits per heavy atom. The lowest BCUT2D eigenvalue weighted by molar-refractivity contribution is -0.0497. The third-order valence-electron chi connectivity index (χ3n) is 2.55. The summed E-state index contributed by atoms with van der Waals surface area (Å²) >= 11 is 11.7. The zero-order valence-electron chi connectivity index (χ0n) is 10.6. The van der Waals surface area contributed by atoms with Gasteiger partial charge in [-0.15, -0.1) is 0 Å². The van der Waals surface area contributed by atoms with Crippen LogP contribution in [0.25, 0.3) is 0 Å². The summed E-state index contributed by atoms with van der Waals surface area (Å²) in [5.41, 5.74) is 0.522. The highest BCUT2D eigenvalue weighted by atomic mass is 35.5. The summed E-state index contributed by atoms with van der Waals surface area (Å²) in [5.74, 6) is 0.780. The van der Waals surface area contributed by atoms with Gasteiger partial charge in [-0.2, -0.15) is 8.78 Å². The predicted molar refractivity (Wildman–Crippen MR) is 75.1 cm³/mol. The summed E-state index contributed by atoms with van der Waals surface area (Å²) < 4.78 is 33.9. The second-order valence-electron chi connectivity index (χ2n) is 4.03. The number of aliphatic hydroxyl groups excluding tert-OH is 1. The van der Waals surface area contributed by atoms with E-state index in [9.17, 15) is 8.78 Å². The number of rotatable bonds is 6. The van der Waals surface area contributed by atoms with Gasteiger partial charge in [-0.1, -0.05) is 23.2 Å². The molecule has 0 atom stereocenters. The minimum atomic E-state index is -3.00. The lowest BCUT2D eigenvalue weighted by atomic mass is 10.3. The molecular formula is C13H11Cl2F2NO3. The van der Waals surface area contributed by atoms with Crippen LogP contribution in [0.2, 0.25) is 10.0 Å². The van der Waals surface area contributed by atoms with Crippen LogP contribution in [0.15, 0.2) is 28.7 Å². The maximum atomic E-state index is 12.2. The molecule has 114 valence electrons. The van der Waals surface area contributed by atoms with Crippen LogP contribution in [-0.4, -0.2) is 11.7 Å². The number of halogens is 4. The Labute approximate surface area is 129 Å². The number of aliphatic hydroxyl groups is 1. The average molecular weight is 338 g/mol. The molecule has 21 heavy (non-hydrogen) atoms. The monoisotopic (exact) mass is 337 g/mol. The fraction of sp³-hybridized carbons (Fsp3) is 0.231. The molecule has 8 heteroatoms.